The Hall–Kier alpha value is -2.47. The lowest BCUT2D eigenvalue weighted by atomic mass is 10.1. The van der Waals surface area contributed by atoms with Crippen LogP contribution < -0.4 is 10.9 Å². The van der Waals surface area contributed by atoms with Crippen LogP contribution in [0.1, 0.15) is 24.4 Å². The number of hydrogen-bond donors (Lipinski definition) is 2. The molecule has 0 aliphatic heterocycles. The highest BCUT2D eigenvalue weighted by Gasteiger charge is 2.15. The number of rotatable bonds is 6. The van der Waals surface area contributed by atoms with Crippen molar-refractivity contribution in [2.75, 3.05) is 6.54 Å². The Kier molecular flexibility index (Phi) is 5.57. The summed E-state index contributed by atoms with van der Waals surface area (Å²) in [6.45, 7) is 2.79. The normalized spacial score (nSPS) is 12.4. The predicted molar refractivity (Wildman–Crippen MR) is 117 cm³/mol. The summed E-state index contributed by atoms with van der Waals surface area (Å²) in [5.41, 5.74) is 3.09. The Morgan fingerprint density at radius 3 is 2.64 bits per heavy atom. The summed E-state index contributed by atoms with van der Waals surface area (Å²) in [5.74, 6) is 0.662. The molecule has 0 spiro atoms. The highest BCUT2D eigenvalue weighted by molar-refractivity contribution is 7.17. The molecule has 1 atom stereocenters. The predicted octanol–water partition coefficient (Wildman–Crippen LogP) is 5.20. The third-order valence-corrected chi connectivity index (χ3v) is 5.86. The van der Waals surface area contributed by atoms with E-state index in [4.69, 9.17) is 16.6 Å². The van der Waals surface area contributed by atoms with Crippen LogP contribution in [0.15, 0.2) is 64.8 Å². The minimum Gasteiger partial charge on any atom is -0.309 e. The average Bonchev–Trinajstić information content (AvgIpc) is 3.15. The lowest BCUT2D eigenvalue weighted by Crippen LogP contribution is -2.25. The third-order valence-electron chi connectivity index (χ3n) is 4.73. The second kappa shape index (κ2) is 8.27. The fourth-order valence-corrected chi connectivity index (χ4v) is 4.26. The van der Waals surface area contributed by atoms with E-state index in [2.05, 4.69) is 10.3 Å². The molecule has 4 aromatic rings. The van der Waals surface area contributed by atoms with Crippen LogP contribution in [0.5, 0.6) is 0 Å². The van der Waals surface area contributed by atoms with Crippen molar-refractivity contribution in [3.63, 3.8) is 0 Å². The van der Waals surface area contributed by atoms with Gasteiger partial charge in [0.1, 0.15) is 10.7 Å². The van der Waals surface area contributed by atoms with Gasteiger partial charge in [-0.1, -0.05) is 54.1 Å². The molecule has 2 N–H and O–H groups in total. The third kappa shape index (κ3) is 4.02. The smallest absolute Gasteiger partial charge is 0.260 e. The van der Waals surface area contributed by atoms with Gasteiger partial charge in [-0.15, -0.1) is 11.3 Å². The molecule has 0 saturated carbocycles. The summed E-state index contributed by atoms with van der Waals surface area (Å²) in [6, 6.07) is 17.7. The molecular weight excluding hydrogens is 390 g/mol. The van der Waals surface area contributed by atoms with Crippen LogP contribution in [-0.2, 0) is 6.42 Å². The number of halogens is 1. The largest absolute Gasteiger partial charge is 0.309 e. The van der Waals surface area contributed by atoms with Gasteiger partial charge in [0, 0.05) is 16.0 Å². The van der Waals surface area contributed by atoms with Crippen molar-refractivity contribution < 1.29 is 0 Å². The molecule has 0 aliphatic carbocycles. The number of fused-ring (bicyclic) bond motifs is 1. The first-order valence-electron chi connectivity index (χ1n) is 9.16. The van der Waals surface area contributed by atoms with Crippen LogP contribution in [0, 0.1) is 0 Å². The fraction of sp³-hybridized carbons (Fsp3) is 0.182. The van der Waals surface area contributed by atoms with Gasteiger partial charge in [-0.2, -0.15) is 0 Å². The van der Waals surface area contributed by atoms with Gasteiger partial charge in [0.25, 0.3) is 5.56 Å². The Bertz CT molecular complexity index is 1140. The van der Waals surface area contributed by atoms with E-state index in [9.17, 15) is 4.79 Å². The van der Waals surface area contributed by atoms with E-state index in [-0.39, 0.29) is 11.6 Å². The Balaban J connectivity index is 1.51. The minimum absolute atomic E-state index is 0.0494. The molecule has 0 radical (unpaired) electrons. The monoisotopic (exact) mass is 409 g/mol. The summed E-state index contributed by atoms with van der Waals surface area (Å²) in [5, 5.41) is 6.84. The topological polar surface area (TPSA) is 57.8 Å². The van der Waals surface area contributed by atoms with E-state index in [1.54, 1.807) is 0 Å². The summed E-state index contributed by atoms with van der Waals surface area (Å²) >= 11 is 7.43. The van der Waals surface area contributed by atoms with Gasteiger partial charge in [0.05, 0.1) is 11.4 Å². The first-order valence-corrected chi connectivity index (χ1v) is 10.4. The standard InChI is InChI=1S/C22H20ClN3OS/c1-14(24-12-11-15-7-9-17(23)10-8-15)20-25-21(27)19-18(13-28-22(19)26-20)16-5-3-2-4-6-16/h2-10,13-14,24H,11-12H2,1H3,(H,25,26,27). The molecule has 142 valence electrons. The molecule has 0 fully saturated rings. The van der Waals surface area contributed by atoms with E-state index >= 15 is 0 Å². The molecular formula is C22H20ClN3OS. The fourth-order valence-electron chi connectivity index (χ4n) is 3.18. The second-order valence-corrected chi connectivity index (χ2v) is 7.99. The van der Waals surface area contributed by atoms with Gasteiger partial charge in [-0.05, 0) is 43.1 Å². The number of hydrogen-bond acceptors (Lipinski definition) is 4. The summed E-state index contributed by atoms with van der Waals surface area (Å²) < 4.78 is 0. The zero-order valence-corrected chi connectivity index (χ0v) is 17.0. The minimum atomic E-state index is -0.0912. The van der Waals surface area contributed by atoms with Crippen molar-refractivity contribution in [3.05, 3.63) is 86.7 Å². The molecule has 0 saturated heterocycles. The summed E-state index contributed by atoms with van der Waals surface area (Å²) in [4.78, 5) is 21.2. The summed E-state index contributed by atoms with van der Waals surface area (Å²) in [6.07, 6.45) is 0.880. The van der Waals surface area contributed by atoms with Crippen LogP contribution in [0.4, 0.5) is 0 Å². The quantitative estimate of drug-likeness (QED) is 0.460. The van der Waals surface area contributed by atoms with E-state index in [1.807, 2.05) is 66.9 Å². The molecule has 2 heterocycles. The van der Waals surface area contributed by atoms with Crippen LogP contribution in [0.25, 0.3) is 21.3 Å². The first-order chi connectivity index (χ1) is 13.6. The molecule has 1 unspecified atom stereocenters. The number of nitrogens with one attached hydrogen (secondary N) is 2. The van der Waals surface area contributed by atoms with Gasteiger partial charge < -0.3 is 10.3 Å². The molecule has 0 aliphatic rings. The molecule has 2 aromatic heterocycles. The highest BCUT2D eigenvalue weighted by atomic mass is 35.5. The molecule has 0 amide bonds. The Morgan fingerprint density at radius 2 is 1.89 bits per heavy atom. The lowest BCUT2D eigenvalue weighted by Gasteiger charge is -2.13. The van der Waals surface area contributed by atoms with E-state index in [1.165, 1.54) is 16.9 Å². The lowest BCUT2D eigenvalue weighted by molar-refractivity contribution is 0.550. The number of thiophene rings is 1. The van der Waals surface area contributed by atoms with Crippen molar-refractivity contribution >= 4 is 33.2 Å². The number of benzene rings is 2. The average molecular weight is 410 g/mol. The zero-order valence-electron chi connectivity index (χ0n) is 15.4. The summed E-state index contributed by atoms with van der Waals surface area (Å²) in [7, 11) is 0. The number of aromatic amines is 1. The first kappa shape index (κ1) is 18.9. The molecule has 6 heteroatoms. The van der Waals surface area contributed by atoms with Crippen LogP contribution in [0.3, 0.4) is 0 Å². The highest BCUT2D eigenvalue weighted by Crippen LogP contribution is 2.30. The van der Waals surface area contributed by atoms with Gasteiger partial charge >= 0.3 is 0 Å². The van der Waals surface area contributed by atoms with Crippen LogP contribution >= 0.6 is 22.9 Å². The maximum absolute atomic E-state index is 12.8. The number of H-pyrrole nitrogens is 1. The van der Waals surface area contributed by atoms with Crippen molar-refractivity contribution in [2.45, 2.75) is 19.4 Å². The van der Waals surface area contributed by atoms with Crippen LogP contribution in [0.2, 0.25) is 5.02 Å². The maximum Gasteiger partial charge on any atom is 0.260 e. The van der Waals surface area contributed by atoms with Crippen molar-refractivity contribution in [1.82, 2.24) is 15.3 Å². The molecule has 0 bridgehead atoms. The Labute approximate surface area is 172 Å². The van der Waals surface area contributed by atoms with E-state index in [0.29, 0.717) is 11.2 Å². The van der Waals surface area contributed by atoms with Crippen molar-refractivity contribution in [3.8, 4) is 11.1 Å². The molecule has 4 nitrogen and oxygen atoms in total. The molecule has 2 aromatic carbocycles. The molecule has 28 heavy (non-hydrogen) atoms. The second-order valence-electron chi connectivity index (χ2n) is 6.70. The number of aromatic nitrogens is 2. The van der Waals surface area contributed by atoms with Gasteiger partial charge in [-0.25, -0.2) is 4.98 Å². The maximum atomic E-state index is 12.8. The van der Waals surface area contributed by atoms with Gasteiger partial charge in [0.2, 0.25) is 0 Å². The van der Waals surface area contributed by atoms with Crippen molar-refractivity contribution in [1.29, 1.82) is 0 Å². The van der Waals surface area contributed by atoms with Gasteiger partial charge in [0.15, 0.2) is 0 Å². The van der Waals surface area contributed by atoms with Crippen LogP contribution in [-0.4, -0.2) is 16.5 Å². The SMILES string of the molecule is CC(NCCc1ccc(Cl)cc1)c1nc2scc(-c3ccccc3)c2c(=O)[nH]1. The molecule has 4 rings (SSSR count). The van der Waals surface area contributed by atoms with Gasteiger partial charge in [-0.3, -0.25) is 4.79 Å². The van der Waals surface area contributed by atoms with E-state index < -0.39 is 0 Å². The van der Waals surface area contributed by atoms with Crippen molar-refractivity contribution in [2.24, 2.45) is 0 Å². The zero-order chi connectivity index (χ0) is 19.5. The van der Waals surface area contributed by atoms with E-state index in [0.717, 1.165) is 33.9 Å². The number of nitrogens with zero attached hydrogens (tertiary/aromatic N) is 1. The Morgan fingerprint density at radius 1 is 1.14 bits per heavy atom.